The van der Waals surface area contributed by atoms with Crippen molar-refractivity contribution < 1.29 is 19.7 Å². The Morgan fingerprint density at radius 3 is 2.52 bits per heavy atom. The first kappa shape index (κ1) is 17.8. The van der Waals surface area contributed by atoms with Crippen LogP contribution < -0.4 is 0 Å². The average molecular weight is 350 g/mol. The molecule has 5 fully saturated rings. The van der Waals surface area contributed by atoms with Crippen LogP contribution in [0.2, 0.25) is 0 Å². The van der Waals surface area contributed by atoms with Gasteiger partial charge in [0.15, 0.2) is 0 Å². The summed E-state index contributed by atoms with van der Waals surface area (Å²) in [6, 6.07) is 0. The number of esters is 1. The smallest absolute Gasteiger partial charge is 0.311 e. The molecular weight excluding hydrogens is 316 g/mol. The van der Waals surface area contributed by atoms with E-state index in [0.29, 0.717) is 17.8 Å². The minimum absolute atomic E-state index is 0.0399. The van der Waals surface area contributed by atoms with Crippen molar-refractivity contribution >= 4 is 5.97 Å². The molecule has 25 heavy (non-hydrogen) atoms. The number of methoxy groups -OCH3 is 1. The van der Waals surface area contributed by atoms with Crippen molar-refractivity contribution in [2.24, 2.45) is 39.9 Å². The standard InChI is InChI=1S/C21H34O4/c1-19-7-4-8-20(2,18(24)25-3)15(19)6-10-21-9-5-13(11-16(19)21)14(12-22)17(21)23/h13-17,22-23H,4-12H2,1-3H3/t13-,14-,15+,16+,17-,19-,20-,21+/m1/s1. The SMILES string of the molecule is COC(=O)[C@]1(C)CCC[C@@]2(C)[C@@H]3C[C@H]4CC[C@@]3(CC[C@@H]21)[C@H](O)[C@@H]4CO. The normalized spacial score (nSPS) is 54.5. The molecule has 8 atom stereocenters. The zero-order valence-electron chi connectivity index (χ0n) is 16.0. The summed E-state index contributed by atoms with van der Waals surface area (Å²) in [4.78, 5) is 12.7. The Morgan fingerprint density at radius 1 is 1.12 bits per heavy atom. The van der Waals surface area contributed by atoms with Crippen molar-refractivity contribution in [1.82, 2.24) is 0 Å². The van der Waals surface area contributed by atoms with E-state index in [-0.39, 0.29) is 40.8 Å². The number of carbonyl (C=O) groups excluding carboxylic acids is 1. The van der Waals surface area contributed by atoms with E-state index in [1.165, 1.54) is 7.11 Å². The van der Waals surface area contributed by atoms with Crippen LogP contribution in [0.1, 0.15) is 65.2 Å². The molecule has 4 nitrogen and oxygen atoms in total. The fourth-order valence-electron chi connectivity index (χ4n) is 8.20. The first-order valence-electron chi connectivity index (χ1n) is 10.2. The first-order valence-corrected chi connectivity index (χ1v) is 10.2. The van der Waals surface area contributed by atoms with Crippen LogP contribution in [-0.4, -0.2) is 36.0 Å². The van der Waals surface area contributed by atoms with Crippen molar-refractivity contribution in [2.45, 2.75) is 71.3 Å². The summed E-state index contributed by atoms with van der Waals surface area (Å²) in [5, 5.41) is 21.0. The van der Waals surface area contributed by atoms with Crippen LogP contribution in [0.4, 0.5) is 0 Å². The summed E-state index contributed by atoms with van der Waals surface area (Å²) in [6.07, 6.45) is 8.12. The highest BCUT2D eigenvalue weighted by atomic mass is 16.5. The zero-order chi connectivity index (χ0) is 18.0. The summed E-state index contributed by atoms with van der Waals surface area (Å²) in [7, 11) is 1.52. The van der Waals surface area contributed by atoms with Gasteiger partial charge in [-0.15, -0.1) is 0 Å². The largest absolute Gasteiger partial charge is 0.469 e. The maximum atomic E-state index is 12.7. The van der Waals surface area contributed by atoms with E-state index in [1.807, 2.05) is 0 Å². The molecule has 5 aliphatic rings. The third-order valence-corrected chi connectivity index (χ3v) is 9.35. The van der Waals surface area contributed by atoms with Gasteiger partial charge in [0, 0.05) is 17.9 Å². The molecule has 2 N–H and O–H groups in total. The summed E-state index contributed by atoms with van der Waals surface area (Å²) in [6.45, 7) is 4.62. The van der Waals surface area contributed by atoms with Crippen molar-refractivity contribution in [3.63, 3.8) is 0 Å². The van der Waals surface area contributed by atoms with Gasteiger partial charge in [0.05, 0.1) is 18.6 Å². The van der Waals surface area contributed by atoms with Gasteiger partial charge >= 0.3 is 5.97 Å². The molecule has 0 saturated heterocycles. The quantitative estimate of drug-likeness (QED) is 0.751. The van der Waals surface area contributed by atoms with Gasteiger partial charge in [-0.3, -0.25) is 4.79 Å². The third kappa shape index (κ3) is 2.10. The molecule has 142 valence electrons. The van der Waals surface area contributed by atoms with E-state index in [1.54, 1.807) is 0 Å². The monoisotopic (exact) mass is 350 g/mol. The minimum atomic E-state index is -0.388. The molecule has 0 amide bonds. The number of aliphatic hydroxyl groups excluding tert-OH is 2. The van der Waals surface area contributed by atoms with Crippen molar-refractivity contribution in [3.8, 4) is 0 Å². The first-order chi connectivity index (χ1) is 11.8. The Hall–Kier alpha value is -0.610. The summed E-state index contributed by atoms with van der Waals surface area (Å²) < 4.78 is 5.22. The molecule has 4 heteroatoms. The molecule has 5 rings (SSSR count). The molecule has 5 aliphatic carbocycles. The van der Waals surface area contributed by atoms with Gasteiger partial charge in [0.1, 0.15) is 0 Å². The van der Waals surface area contributed by atoms with E-state index in [2.05, 4.69) is 13.8 Å². The number of rotatable bonds is 2. The molecule has 0 aromatic rings. The maximum Gasteiger partial charge on any atom is 0.311 e. The Bertz CT molecular complexity index is 562. The number of hydrogen-bond donors (Lipinski definition) is 2. The van der Waals surface area contributed by atoms with Crippen LogP contribution in [0.3, 0.4) is 0 Å². The van der Waals surface area contributed by atoms with Crippen LogP contribution in [0, 0.1) is 39.9 Å². The maximum absolute atomic E-state index is 12.7. The molecule has 0 aliphatic heterocycles. The molecule has 5 saturated carbocycles. The second-order valence-electron chi connectivity index (χ2n) is 9.97. The minimum Gasteiger partial charge on any atom is -0.469 e. The van der Waals surface area contributed by atoms with Gasteiger partial charge < -0.3 is 14.9 Å². The van der Waals surface area contributed by atoms with Crippen molar-refractivity contribution in [1.29, 1.82) is 0 Å². The summed E-state index contributed by atoms with van der Waals surface area (Å²) in [5.74, 6) is 1.26. The molecule has 0 aromatic carbocycles. The topological polar surface area (TPSA) is 66.8 Å². The highest BCUT2D eigenvalue weighted by Crippen LogP contribution is 2.72. The van der Waals surface area contributed by atoms with Gasteiger partial charge in [0.25, 0.3) is 0 Å². The lowest BCUT2D eigenvalue weighted by Gasteiger charge is -2.69. The molecule has 2 bridgehead atoms. The second-order valence-corrected chi connectivity index (χ2v) is 9.97. The summed E-state index contributed by atoms with van der Waals surface area (Å²) >= 11 is 0. The Labute approximate surface area is 151 Å². The molecule has 0 unspecified atom stereocenters. The Balaban J connectivity index is 1.73. The predicted octanol–water partition coefficient (Wildman–Crippen LogP) is 3.15. The zero-order valence-corrected chi connectivity index (χ0v) is 16.0. The molecule has 0 radical (unpaired) electrons. The lowest BCUT2D eigenvalue weighted by molar-refractivity contribution is -0.248. The molecular formula is C21H34O4. The lowest BCUT2D eigenvalue weighted by atomic mass is 9.35. The Kier molecular flexibility index (Phi) is 4.05. The number of hydrogen-bond acceptors (Lipinski definition) is 4. The van der Waals surface area contributed by atoms with Crippen molar-refractivity contribution in [3.05, 3.63) is 0 Å². The van der Waals surface area contributed by atoms with Gasteiger partial charge in [-0.2, -0.15) is 0 Å². The van der Waals surface area contributed by atoms with Crippen LogP contribution in [0.5, 0.6) is 0 Å². The fraction of sp³-hybridized carbons (Fsp3) is 0.952. The predicted molar refractivity (Wildman–Crippen MR) is 94.7 cm³/mol. The number of aliphatic hydroxyl groups is 2. The van der Waals surface area contributed by atoms with Crippen molar-refractivity contribution in [2.75, 3.05) is 13.7 Å². The van der Waals surface area contributed by atoms with E-state index in [0.717, 1.165) is 51.4 Å². The fourth-order valence-corrected chi connectivity index (χ4v) is 8.20. The van der Waals surface area contributed by atoms with Crippen LogP contribution in [-0.2, 0) is 9.53 Å². The van der Waals surface area contributed by atoms with Gasteiger partial charge in [-0.05, 0) is 75.0 Å². The van der Waals surface area contributed by atoms with E-state index in [4.69, 9.17) is 4.74 Å². The highest BCUT2D eigenvalue weighted by molar-refractivity contribution is 5.77. The van der Waals surface area contributed by atoms with Gasteiger partial charge in [-0.1, -0.05) is 13.3 Å². The number of carbonyl (C=O) groups is 1. The number of fused-ring (bicyclic) bond motifs is 3. The molecule has 1 spiro atoms. The van der Waals surface area contributed by atoms with Crippen LogP contribution >= 0.6 is 0 Å². The lowest BCUT2D eigenvalue weighted by Crippen LogP contribution is -2.67. The Morgan fingerprint density at radius 2 is 1.84 bits per heavy atom. The van der Waals surface area contributed by atoms with Gasteiger partial charge in [-0.25, -0.2) is 0 Å². The third-order valence-electron chi connectivity index (χ3n) is 9.35. The molecule has 0 aromatic heterocycles. The summed E-state index contributed by atoms with van der Waals surface area (Å²) in [5.41, 5.74) is -0.331. The van der Waals surface area contributed by atoms with Gasteiger partial charge in [0.2, 0.25) is 0 Å². The molecule has 0 heterocycles. The average Bonchev–Trinajstić information content (AvgIpc) is 2.61. The highest BCUT2D eigenvalue weighted by Gasteiger charge is 2.68. The second kappa shape index (κ2) is 5.69. The van der Waals surface area contributed by atoms with E-state index in [9.17, 15) is 15.0 Å². The number of ether oxygens (including phenoxy) is 1. The van der Waals surface area contributed by atoms with Crippen LogP contribution in [0.25, 0.3) is 0 Å². The van der Waals surface area contributed by atoms with Crippen LogP contribution in [0.15, 0.2) is 0 Å². The van der Waals surface area contributed by atoms with E-state index < -0.39 is 0 Å². The van der Waals surface area contributed by atoms with E-state index >= 15 is 0 Å².